The second kappa shape index (κ2) is 11.6. The normalized spacial score (nSPS) is 29.5. The molecule has 1 amide bonds. The Balaban J connectivity index is 1.81. The Kier molecular flexibility index (Phi) is 8.55. The quantitative estimate of drug-likeness (QED) is 0.419. The molecule has 1 aliphatic carbocycles. The van der Waals surface area contributed by atoms with Crippen LogP contribution < -0.4 is 14.8 Å². The first kappa shape index (κ1) is 25.1. The molecule has 190 valence electrons. The van der Waals surface area contributed by atoms with Crippen LogP contribution >= 0.6 is 0 Å². The fourth-order valence-corrected chi connectivity index (χ4v) is 4.76. The van der Waals surface area contributed by atoms with E-state index in [0.717, 1.165) is 5.56 Å². The third kappa shape index (κ3) is 4.86. The number of methoxy groups -OCH3 is 4. The molecule has 2 aliphatic heterocycles. The molecule has 1 fully saturated rings. The van der Waals surface area contributed by atoms with Crippen molar-refractivity contribution >= 4 is 5.91 Å². The first-order chi connectivity index (χ1) is 16.6. The molecule has 0 unspecified atom stereocenters. The van der Waals surface area contributed by atoms with E-state index in [1.165, 1.54) is 28.4 Å². The minimum absolute atomic E-state index is 0.00481. The van der Waals surface area contributed by atoms with E-state index in [4.69, 9.17) is 47.4 Å². The summed E-state index contributed by atoms with van der Waals surface area (Å²) in [6.07, 6.45) is -2.62. The molecule has 0 radical (unpaired) electrons. The van der Waals surface area contributed by atoms with Crippen molar-refractivity contribution in [3.05, 3.63) is 23.3 Å². The van der Waals surface area contributed by atoms with Crippen LogP contribution in [0.3, 0.4) is 0 Å². The number of hydrogen-bond acceptors (Lipinski definition) is 11. The van der Waals surface area contributed by atoms with Gasteiger partial charge in [0, 0.05) is 39.9 Å². The van der Waals surface area contributed by atoms with Crippen molar-refractivity contribution in [3.8, 4) is 11.5 Å². The summed E-state index contributed by atoms with van der Waals surface area (Å²) in [7, 11) is 6.09. The van der Waals surface area contributed by atoms with Crippen molar-refractivity contribution in [2.24, 2.45) is 0 Å². The Morgan fingerprint density at radius 2 is 1.26 bits per heavy atom. The summed E-state index contributed by atoms with van der Waals surface area (Å²) in [4.78, 5) is 13.2. The lowest BCUT2D eigenvalue weighted by Crippen LogP contribution is -2.69. The predicted octanol–water partition coefficient (Wildman–Crippen LogP) is 0.581. The van der Waals surface area contributed by atoms with Gasteiger partial charge in [0.2, 0.25) is 6.79 Å². The van der Waals surface area contributed by atoms with Crippen molar-refractivity contribution < 1.29 is 52.2 Å². The number of nitrogens with one attached hydrogen (secondary N) is 1. The SMILES string of the molecule is COCO[C@@H]1[C@@H](OCOC)[C@@H](OCOC)[C@@H]2NC(=O)c3cc4c(cc3[C@@H]2[C@@H]1OCOC)OCO4. The van der Waals surface area contributed by atoms with Crippen LogP contribution in [-0.4, -0.2) is 98.8 Å². The fraction of sp³-hybridized carbons (Fsp3) is 0.682. The van der Waals surface area contributed by atoms with E-state index in [2.05, 4.69) is 5.32 Å². The van der Waals surface area contributed by atoms with Crippen LogP contribution in [0.1, 0.15) is 21.8 Å². The average molecular weight is 485 g/mol. The summed E-state index contributed by atoms with van der Waals surface area (Å²) in [5, 5.41) is 3.07. The molecule has 12 nitrogen and oxygen atoms in total. The van der Waals surface area contributed by atoms with Crippen LogP contribution in [0.5, 0.6) is 11.5 Å². The smallest absolute Gasteiger partial charge is 0.252 e. The maximum absolute atomic E-state index is 13.2. The molecular weight excluding hydrogens is 454 g/mol. The van der Waals surface area contributed by atoms with Gasteiger partial charge in [0.15, 0.2) is 11.5 Å². The van der Waals surface area contributed by atoms with Gasteiger partial charge in [0.1, 0.15) is 45.5 Å². The number of rotatable bonds is 12. The summed E-state index contributed by atoms with van der Waals surface area (Å²) >= 11 is 0. The third-order valence-electron chi connectivity index (χ3n) is 6.03. The highest BCUT2D eigenvalue weighted by Gasteiger charge is 2.57. The van der Waals surface area contributed by atoms with Crippen molar-refractivity contribution in [1.29, 1.82) is 0 Å². The Labute approximate surface area is 197 Å². The van der Waals surface area contributed by atoms with E-state index in [9.17, 15) is 4.79 Å². The molecule has 0 spiro atoms. The summed E-state index contributed by atoms with van der Waals surface area (Å²) in [5.41, 5.74) is 1.19. The van der Waals surface area contributed by atoms with Crippen molar-refractivity contribution in [2.75, 3.05) is 62.4 Å². The van der Waals surface area contributed by atoms with Gasteiger partial charge >= 0.3 is 0 Å². The van der Waals surface area contributed by atoms with Crippen molar-refractivity contribution in [1.82, 2.24) is 5.32 Å². The van der Waals surface area contributed by atoms with Gasteiger partial charge in [-0.05, 0) is 17.7 Å². The number of carbonyl (C=O) groups is 1. The van der Waals surface area contributed by atoms with E-state index in [0.29, 0.717) is 17.1 Å². The average Bonchev–Trinajstić information content (AvgIpc) is 3.31. The van der Waals surface area contributed by atoms with Gasteiger partial charge in [-0.1, -0.05) is 0 Å². The van der Waals surface area contributed by atoms with Gasteiger partial charge in [-0.3, -0.25) is 4.79 Å². The van der Waals surface area contributed by atoms with Gasteiger partial charge in [0.05, 0.1) is 12.1 Å². The Morgan fingerprint density at radius 3 is 1.85 bits per heavy atom. The highest BCUT2D eigenvalue weighted by Crippen LogP contribution is 2.46. The zero-order valence-corrected chi connectivity index (χ0v) is 19.6. The van der Waals surface area contributed by atoms with Gasteiger partial charge in [-0.15, -0.1) is 0 Å². The van der Waals surface area contributed by atoms with Gasteiger partial charge in [-0.2, -0.15) is 0 Å². The van der Waals surface area contributed by atoms with Crippen LogP contribution in [-0.2, 0) is 37.9 Å². The Hall–Kier alpha value is -2.03. The van der Waals surface area contributed by atoms with Crippen molar-refractivity contribution in [3.63, 3.8) is 0 Å². The molecule has 2 heterocycles. The highest BCUT2D eigenvalue weighted by atomic mass is 16.7. The fourth-order valence-electron chi connectivity index (χ4n) is 4.76. The maximum Gasteiger partial charge on any atom is 0.252 e. The van der Waals surface area contributed by atoms with Gasteiger partial charge in [-0.25, -0.2) is 0 Å². The lowest BCUT2D eigenvalue weighted by atomic mass is 9.70. The van der Waals surface area contributed by atoms with E-state index in [1.54, 1.807) is 6.07 Å². The first-order valence-electron chi connectivity index (χ1n) is 10.8. The van der Waals surface area contributed by atoms with E-state index in [-0.39, 0.29) is 39.9 Å². The van der Waals surface area contributed by atoms with E-state index in [1.807, 2.05) is 6.07 Å². The number of ether oxygens (including phenoxy) is 10. The molecule has 3 aliphatic rings. The van der Waals surface area contributed by atoms with Crippen LogP contribution in [0.4, 0.5) is 0 Å². The van der Waals surface area contributed by atoms with Crippen molar-refractivity contribution in [2.45, 2.75) is 36.4 Å². The van der Waals surface area contributed by atoms with Gasteiger partial charge < -0.3 is 52.7 Å². The minimum Gasteiger partial charge on any atom is -0.454 e. The third-order valence-corrected chi connectivity index (χ3v) is 6.03. The standard InChI is InChI=1S/C22H31NO11/c1-25-7-31-18-16-12-5-14-15(30-11-29-14)6-13(12)22(24)23-17(16)19(32-8-26-2)21(34-10-28-4)20(18)33-9-27-3/h5-6,16-21H,7-11H2,1-4H3,(H,23,24)/t16-,17+,18-,19-,20-,21-/m0/s1. The molecule has 1 aromatic rings. The molecule has 34 heavy (non-hydrogen) atoms. The minimum atomic E-state index is -0.691. The van der Waals surface area contributed by atoms with E-state index >= 15 is 0 Å². The summed E-state index contributed by atoms with van der Waals surface area (Å²) in [6, 6.07) is 2.95. The molecule has 0 bridgehead atoms. The highest BCUT2D eigenvalue weighted by molar-refractivity contribution is 5.98. The number of benzene rings is 1. The summed E-state index contributed by atoms with van der Waals surface area (Å²) in [5.74, 6) is 0.397. The molecule has 6 atom stereocenters. The number of amides is 1. The Bertz CT molecular complexity index is 837. The second-order valence-corrected chi connectivity index (χ2v) is 7.97. The summed E-state index contributed by atoms with van der Waals surface area (Å²) in [6.45, 7) is 0.0189. The van der Waals surface area contributed by atoms with Crippen LogP contribution in [0.25, 0.3) is 0 Å². The zero-order chi connectivity index (χ0) is 24.1. The van der Waals surface area contributed by atoms with Crippen LogP contribution in [0.15, 0.2) is 12.1 Å². The predicted molar refractivity (Wildman–Crippen MR) is 114 cm³/mol. The molecule has 1 aromatic carbocycles. The molecule has 1 N–H and O–H groups in total. The number of carbonyl (C=O) groups excluding carboxylic acids is 1. The van der Waals surface area contributed by atoms with Crippen LogP contribution in [0.2, 0.25) is 0 Å². The molecule has 12 heteroatoms. The molecule has 4 rings (SSSR count). The monoisotopic (exact) mass is 485 g/mol. The second-order valence-electron chi connectivity index (χ2n) is 7.97. The topological polar surface area (TPSA) is 121 Å². The largest absolute Gasteiger partial charge is 0.454 e. The maximum atomic E-state index is 13.2. The van der Waals surface area contributed by atoms with Gasteiger partial charge in [0.25, 0.3) is 5.91 Å². The number of hydrogen-bond donors (Lipinski definition) is 1. The summed E-state index contributed by atoms with van der Waals surface area (Å²) < 4.78 is 56.1. The van der Waals surface area contributed by atoms with E-state index < -0.39 is 36.4 Å². The molecule has 0 saturated heterocycles. The molecular formula is C22H31NO11. The number of fused-ring (bicyclic) bond motifs is 4. The molecule has 1 saturated carbocycles. The first-order valence-corrected chi connectivity index (χ1v) is 10.8. The zero-order valence-electron chi connectivity index (χ0n) is 19.6. The van der Waals surface area contributed by atoms with Crippen LogP contribution in [0, 0.1) is 0 Å². The lowest BCUT2D eigenvalue weighted by Gasteiger charge is -2.52. The lowest BCUT2D eigenvalue weighted by molar-refractivity contribution is -0.267. The Morgan fingerprint density at radius 1 is 0.765 bits per heavy atom. The molecule has 0 aromatic heterocycles.